The molecule has 0 spiro atoms. The molecule has 1 heterocycles. The van der Waals surface area contributed by atoms with Crippen molar-refractivity contribution in [1.29, 1.82) is 0 Å². The van der Waals surface area contributed by atoms with Gasteiger partial charge in [0.15, 0.2) is 0 Å². The fraction of sp³-hybridized carbons (Fsp3) is 0.706. The third-order valence-corrected chi connectivity index (χ3v) is 3.96. The number of nitrogens with zero attached hydrogens (tertiary/aromatic N) is 1. The fourth-order valence-corrected chi connectivity index (χ4v) is 2.70. The van der Waals surface area contributed by atoms with Crippen molar-refractivity contribution in [3.05, 3.63) is 29.6 Å². The molecular formula is C17H28N2O. The Morgan fingerprint density at radius 2 is 2.20 bits per heavy atom. The maximum atomic E-state index is 6.00. The van der Waals surface area contributed by atoms with Gasteiger partial charge in [-0.05, 0) is 30.4 Å². The topological polar surface area (TPSA) is 34.1 Å². The molecule has 1 aliphatic rings. The molecule has 112 valence electrons. The van der Waals surface area contributed by atoms with Crippen LogP contribution in [0.1, 0.15) is 57.7 Å². The van der Waals surface area contributed by atoms with Gasteiger partial charge >= 0.3 is 0 Å². The Morgan fingerprint density at radius 3 is 2.85 bits per heavy atom. The van der Waals surface area contributed by atoms with Gasteiger partial charge in [-0.1, -0.05) is 39.7 Å². The van der Waals surface area contributed by atoms with E-state index in [-0.39, 0.29) is 0 Å². The normalized spacial score (nSPS) is 23.2. The third kappa shape index (κ3) is 5.22. The molecule has 20 heavy (non-hydrogen) atoms. The summed E-state index contributed by atoms with van der Waals surface area (Å²) in [6, 6.07) is 4.74. The van der Waals surface area contributed by atoms with Crippen LogP contribution in [-0.4, -0.2) is 17.1 Å². The molecule has 0 radical (unpaired) electrons. The first-order valence-corrected chi connectivity index (χ1v) is 7.92. The molecule has 1 N–H and O–H groups in total. The van der Waals surface area contributed by atoms with Gasteiger partial charge < -0.3 is 10.1 Å². The van der Waals surface area contributed by atoms with Crippen molar-refractivity contribution in [3.63, 3.8) is 0 Å². The highest BCUT2D eigenvalue weighted by Gasteiger charge is 2.19. The Kier molecular flexibility index (Phi) is 5.99. The zero-order valence-corrected chi connectivity index (χ0v) is 13.1. The Bertz CT molecular complexity index is 388. The van der Waals surface area contributed by atoms with E-state index in [9.17, 15) is 0 Å². The van der Waals surface area contributed by atoms with Crippen molar-refractivity contribution in [1.82, 2.24) is 10.3 Å². The lowest BCUT2D eigenvalue weighted by atomic mass is 9.89. The summed E-state index contributed by atoms with van der Waals surface area (Å²) >= 11 is 0. The fourth-order valence-electron chi connectivity index (χ4n) is 2.70. The Labute approximate surface area is 123 Å². The number of aromatic nitrogens is 1. The van der Waals surface area contributed by atoms with E-state index in [0.29, 0.717) is 18.8 Å². The third-order valence-electron chi connectivity index (χ3n) is 3.96. The minimum absolute atomic E-state index is 0.433. The molecule has 3 heteroatoms. The van der Waals surface area contributed by atoms with Gasteiger partial charge in [-0.3, -0.25) is 4.98 Å². The van der Waals surface area contributed by atoms with E-state index in [1.807, 2.05) is 6.20 Å². The second-order valence-electron chi connectivity index (χ2n) is 6.40. The van der Waals surface area contributed by atoms with Crippen LogP contribution in [0.2, 0.25) is 0 Å². The Balaban J connectivity index is 1.75. The number of pyridine rings is 1. The van der Waals surface area contributed by atoms with Crippen molar-refractivity contribution >= 4 is 0 Å². The zero-order chi connectivity index (χ0) is 14.4. The van der Waals surface area contributed by atoms with Gasteiger partial charge in [0.25, 0.3) is 0 Å². The number of nitrogens with one attached hydrogen (secondary N) is 1. The summed E-state index contributed by atoms with van der Waals surface area (Å²) in [7, 11) is 0. The zero-order valence-electron chi connectivity index (χ0n) is 13.1. The number of ether oxygens (including phenoxy) is 1. The minimum atomic E-state index is 0.433. The average Bonchev–Trinajstić information content (AvgIpc) is 2.44. The summed E-state index contributed by atoms with van der Waals surface area (Å²) in [4.78, 5) is 4.50. The van der Waals surface area contributed by atoms with Crippen molar-refractivity contribution in [2.24, 2.45) is 5.92 Å². The lowest BCUT2D eigenvalue weighted by Crippen LogP contribution is -2.22. The summed E-state index contributed by atoms with van der Waals surface area (Å²) < 4.78 is 6.00. The maximum Gasteiger partial charge on any atom is 0.0891 e. The SMILES string of the molecule is CC1CCCC(OCc2ccc(CNC(C)C)cn2)C1. The van der Waals surface area contributed by atoms with Gasteiger partial charge in [-0.25, -0.2) is 0 Å². The van der Waals surface area contributed by atoms with E-state index >= 15 is 0 Å². The van der Waals surface area contributed by atoms with Gasteiger partial charge in [0.1, 0.15) is 0 Å². The minimum Gasteiger partial charge on any atom is -0.372 e. The highest BCUT2D eigenvalue weighted by molar-refractivity contribution is 5.13. The molecule has 1 saturated carbocycles. The molecule has 0 saturated heterocycles. The first kappa shape index (κ1) is 15.5. The van der Waals surface area contributed by atoms with E-state index in [4.69, 9.17) is 4.74 Å². The molecule has 0 aromatic carbocycles. The molecule has 0 bridgehead atoms. The summed E-state index contributed by atoms with van der Waals surface area (Å²) in [5.41, 5.74) is 2.27. The van der Waals surface area contributed by atoms with Crippen LogP contribution in [0.25, 0.3) is 0 Å². The Hall–Kier alpha value is -0.930. The molecular weight excluding hydrogens is 248 g/mol. The van der Waals surface area contributed by atoms with Gasteiger partial charge in [0.05, 0.1) is 18.4 Å². The van der Waals surface area contributed by atoms with E-state index in [2.05, 4.69) is 43.2 Å². The molecule has 2 atom stereocenters. The van der Waals surface area contributed by atoms with E-state index in [0.717, 1.165) is 18.2 Å². The van der Waals surface area contributed by atoms with Crippen LogP contribution in [0.4, 0.5) is 0 Å². The maximum absolute atomic E-state index is 6.00. The molecule has 2 unspecified atom stereocenters. The van der Waals surface area contributed by atoms with Crippen LogP contribution in [0.3, 0.4) is 0 Å². The highest BCUT2D eigenvalue weighted by atomic mass is 16.5. The van der Waals surface area contributed by atoms with Crippen LogP contribution in [-0.2, 0) is 17.9 Å². The summed E-state index contributed by atoms with van der Waals surface area (Å²) in [5, 5.41) is 3.40. The molecule has 1 aliphatic carbocycles. The first-order valence-electron chi connectivity index (χ1n) is 7.92. The van der Waals surface area contributed by atoms with Crippen LogP contribution in [0, 0.1) is 5.92 Å². The van der Waals surface area contributed by atoms with E-state index in [1.165, 1.54) is 31.2 Å². The van der Waals surface area contributed by atoms with Crippen LogP contribution < -0.4 is 5.32 Å². The lowest BCUT2D eigenvalue weighted by molar-refractivity contribution is 0.00320. The predicted molar refractivity (Wildman–Crippen MR) is 82.4 cm³/mol. The largest absolute Gasteiger partial charge is 0.372 e. The van der Waals surface area contributed by atoms with Gasteiger partial charge in [-0.2, -0.15) is 0 Å². The molecule has 1 aromatic heterocycles. The lowest BCUT2D eigenvalue weighted by Gasteiger charge is -2.26. The summed E-state index contributed by atoms with van der Waals surface area (Å²) in [6.07, 6.45) is 7.46. The standard InChI is InChI=1S/C17H28N2O/c1-13(2)18-10-15-7-8-16(19-11-15)12-20-17-6-4-5-14(3)9-17/h7-8,11,13-14,17-18H,4-6,9-10,12H2,1-3H3. The molecule has 0 aliphatic heterocycles. The molecule has 0 amide bonds. The van der Waals surface area contributed by atoms with Crippen molar-refractivity contribution in [2.45, 2.75) is 71.8 Å². The van der Waals surface area contributed by atoms with Crippen molar-refractivity contribution in [2.75, 3.05) is 0 Å². The van der Waals surface area contributed by atoms with Gasteiger partial charge in [-0.15, -0.1) is 0 Å². The second kappa shape index (κ2) is 7.75. The summed E-state index contributed by atoms with van der Waals surface area (Å²) in [6.45, 7) is 8.16. The molecule has 3 nitrogen and oxygen atoms in total. The number of hydrogen-bond acceptors (Lipinski definition) is 3. The van der Waals surface area contributed by atoms with E-state index in [1.54, 1.807) is 0 Å². The van der Waals surface area contributed by atoms with Crippen LogP contribution in [0.15, 0.2) is 18.3 Å². The van der Waals surface area contributed by atoms with E-state index < -0.39 is 0 Å². The quantitative estimate of drug-likeness (QED) is 0.860. The smallest absolute Gasteiger partial charge is 0.0891 e. The van der Waals surface area contributed by atoms with Gasteiger partial charge in [0.2, 0.25) is 0 Å². The highest BCUT2D eigenvalue weighted by Crippen LogP contribution is 2.26. The monoisotopic (exact) mass is 276 g/mol. The van der Waals surface area contributed by atoms with Crippen molar-refractivity contribution < 1.29 is 4.74 Å². The Morgan fingerprint density at radius 1 is 1.35 bits per heavy atom. The number of hydrogen-bond donors (Lipinski definition) is 1. The average molecular weight is 276 g/mol. The summed E-state index contributed by atoms with van der Waals surface area (Å²) in [5.74, 6) is 0.811. The van der Waals surface area contributed by atoms with Crippen LogP contribution in [0.5, 0.6) is 0 Å². The number of rotatable bonds is 6. The molecule has 2 rings (SSSR count). The predicted octanol–water partition coefficient (Wildman–Crippen LogP) is 3.67. The van der Waals surface area contributed by atoms with Crippen LogP contribution >= 0.6 is 0 Å². The molecule has 1 aromatic rings. The van der Waals surface area contributed by atoms with Crippen molar-refractivity contribution in [3.8, 4) is 0 Å². The second-order valence-corrected chi connectivity index (χ2v) is 6.40. The van der Waals surface area contributed by atoms with Gasteiger partial charge in [0, 0.05) is 18.8 Å². The first-order chi connectivity index (χ1) is 9.63. The molecule has 1 fully saturated rings.